The van der Waals surface area contributed by atoms with E-state index in [9.17, 15) is 23.1 Å². The monoisotopic (exact) mass is 358 g/mol. The molecule has 1 heterocycles. The molecule has 0 saturated carbocycles. The molecule has 1 N–H and O–H groups in total. The highest BCUT2D eigenvalue weighted by Gasteiger charge is 2.30. The molecule has 0 saturated heterocycles. The standard InChI is InChI=1S/C17H17F3O3S/c1-2-3-7-23-16(22)13-10-24-14(15(13)21)9-11-5-4-6-12(8-11)17(18,19)20/h4-6,8,10,21H,2-3,7,9H2,1H3. The molecule has 0 radical (unpaired) electrons. The molecule has 0 aliphatic carbocycles. The number of hydrogen-bond acceptors (Lipinski definition) is 4. The number of halogens is 3. The maximum Gasteiger partial charge on any atom is 0.416 e. The highest BCUT2D eigenvalue weighted by Crippen LogP contribution is 2.34. The van der Waals surface area contributed by atoms with Crippen LogP contribution >= 0.6 is 11.3 Å². The van der Waals surface area contributed by atoms with Gasteiger partial charge in [0.1, 0.15) is 11.3 Å². The fraction of sp³-hybridized carbons (Fsp3) is 0.353. The second-order valence-electron chi connectivity index (χ2n) is 5.29. The minimum absolute atomic E-state index is 0.0538. The van der Waals surface area contributed by atoms with Crippen LogP contribution in [0.4, 0.5) is 13.2 Å². The lowest BCUT2D eigenvalue weighted by molar-refractivity contribution is -0.137. The van der Waals surface area contributed by atoms with Gasteiger partial charge in [0.15, 0.2) is 0 Å². The van der Waals surface area contributed by atoms with E-state index in [0.29, 0.717) is 10.4 Å². The van der Waals surface area contributed by atoms with Crippen molar-refractivity contribution in [1.82, 2.24) is 0 Å². The van der Waals surface area contributed by atoms with Crippen molar-refractivity contribution in [2.45, 2.75) is 32.4 Å². The number of ether oxygens (including phenoxy) is 1. The maximum atomic E-state index is 12.7. The van der Waals surface area contributed by atoms with Gasteiger partial charge in [-0.15, -0.1) is 11.3 Å². The van der Waals surface area contributed by atoms with Gasteiger partial charge in [-0.05, 0) is 18.1 Å². The molecule has 0 spiro atoms. The SMILES string of the molecule is CCCCOC(=O)c1csc(Cc2cccc(C(F)(F)F)c2)c1O. The zero-order valence-electron chi connectivity index (χ0n) is 13.0. The summed E-state index contributed by atoms with van der Waals surface area (Å²) in [5, 5.41) is 11.6. The molecule has 7 heteroatoms. The van der Waals surface area contributed by atoms with E-state index in [1.165, 1.54) is 11.4 Å². The summed E-state index contributed by atoms with van der Waals surface area (Å²) in [5.74, 6) is -0.841. The van der Waals surface area contributed by atoms with E-state index >= 15 is 0 Å². The number of benzene rings is 1. The number of rotatable bonds is 6. The Hall–Kier alpha value is -2.02. The Labute approximate surface area is 141 Å². The highest BCUT2D eigenvalue weighted by atomic mass is 32.1. The number of esters is 1. The van der Waals surface area contributed by atoms with Crippen LogP contribution in [-0.4, -0.2) is 17.7 Å². The average molecular weight is 358 g/mol. The zero-order valence-corrected chi connectivity index (χ0v) is 13.8. The first-order valence-corrected chi connectivity index (χ1v) is 8.33. The second-order valence-corrected chi connectivity index (χ2v) is 6.25. The summed E-state index contributed by atoms with van der Waals surface area (Å²) in [4.78, 5) is 12.3. The molecule has 1 aromatic heterocycles. The quantitative estimate of drug-likeness (QED) is 0.583. The van der Waals surface area contributed by atoms with E-state index in [1.54, 1.807) is 6.07 Å². The van der Waals surface area contributed by atoms with E-state index in [-0.39, 0.29) is 24.3 Å². The third-order valence-corrected chi connectivity index (χ3v) is 4.38. The highest BCUT2D eigenvalue weighted by molar-refractivity contribution is 7.10. The molecular formula is C17H17F3O3S. The summed E-state index contributed by atoms with van der Waals surface area (Å²) in [6.45, 7) is 2.23. The topological polar surface area (TPSA) is 46.5 Å². The summed E-state index contributed by atoms with van der Waals surface area (Å²) >= 11 is 1.12. The number of hydrogen-bond donors (Lipinski definition) is 1. The number of carbonyl (C=O) groups excluding carboxylic acids is 1. The first-order chi connectivity index (χ1) is 11.3. The molecule has 1 aromatic carbocycles. The number of alkyl halides is 3. The number of thiophene rings is 1. The van der Waals surface area contributed by atoms with Gasteiger partial charge in [0, 0.05) is 11.8 Å². The summed E-state index contributed by atoms with van der Waals surface area (Å²) in [7, 11) is 0. The first kappa shape index (κ1) is 18.3. The molecule has 0 amide bonds. The van der Waals surface area contributed by atoms with Crippen LogP contribution in [0.1, 0.15) is 46.1 Å². The van der Waals surface area contributed by atoms with Gasteiger partial charge in [0.25, 0.3) is 0 Å². The first-order valence-electron chi connectivity index (χ1n) is 7.45. The van der Waals surface area contributed by atoms with Crippen molar-refractivity contribution in [3.8, 4) is 5.75 Å². The lowest BCUT2D eigenvalue weighted by atomic mass is 10.1. The molecule has 24 heavy (non-hydrogen) atoms. The molecule has 0 bridgehead atoms. The molecule has 3 nitrogen and oxygen atoms in total. The number of aromatic hydroxyl groups is 1. The van der Waals surface area contributed by atoms with Crippen LogP contribution in [-0.2, 0) is 17.3 Å². The predicted molar refractivity (Wildman–Crippen MR) is 85.4 cm³/mol. The molecule has 0 aliphatic rings. The zero-order chi connectivity index (χ0) is 17.7. The predicted octanol–water partition coefficient (Wildman–Crippen LogP) is 5.02. The van der Waals surface area contributed by atoms with Gasteiger partial charge in [-0.1, -0.05) is 31.5 Å². The summed E-state index contributed by atoms with van der Waals surface area (Å²) in [5.41, 5.74) is -0.277. The Bertz CT molecular complexity index is 707. The molecule has 2 aromatic rings. The minimum Gasteiger partial charge on any atom is -0.506 e. The van der Waals surface area contributed by atoms with Crippen LogP contribution in [0.5, 0.6) is 5.75 Å². The Morgan fingerprint density at radius 3 is 2.75 bits per heavy atom. The van der Waals surface area contributed by atoms with Gasteiger partial charge in [0.2, 0.25) is 0 Å². The molecular weight excluding hydrogens is 341 g/mol. The maximum absolute atomic E-state index is 12.7. The van der Waals surface area contributed by atoms with Crippen molar-refractivity contribution in [2.75, 3.05) is 6.61 Å². The van der Waals surface area contributed by atoms with Crippen molar-refractivity contribution >= 4 is 17.3 Å². The van der Waals surface area contributed by atoms with Crippen LogP contribution in [0, 0.1) is 0 Å². The van der Waals surface area contributed by atoms with Gasteiger partial charge < -0.3 is 9.84 Å². The normalized spacial score (nSPS) is 11.5. The smallest absolute Gasteiger partial charge is 0.416 e. The average Bonchev–Trinajstić information content (AvgIpc) is 2.88. The van der Waals surface area contributed by atoms with Crippen molar-refractivity contribution in [2.24, 2.45) is 0 Å². The molecule has 0 aliphatic heterocycles. The van der Waals surface area contributed by atoms with Gasteiger partial charge in [-0.25, -0.2) is 4.79 Å². The van der Waals surface area contributed by atoms with E-state index in [1.807, 2.05) is 6.92 Å². The lowest BCUT2D eigenvalue weighted by Gasteiger charge is -2.08. The van der Waals surface area contributed by atoms with E-state index in [0.717, 1.165) is 36.3 Å². The Balaban J connectivity index is 2.13. The Morgan fingerprint density at radius 1 is 1.33 bits per heavy atom. The Morgan fingerprint density at radius 2 is 2.08 bits per heavy atom. The van der Waals surface area contributed by atoms with Gasteiger partial charge in [-0.2, -0.15) is 13.2 Å². The third-order valence-electron chi connectivity index (χ3n) is 3.41. The van der Waals surface area contributed by atoms with E-state index in [2.05, 4.69) is 0 Å². The molecule has 0 unspecified atom stereocenters. The van der Waals surface area contributed by atoms with Gasteiger partial charge in [-0.3, -0.25) is 0 Å². The van der Waals surface area contributed by atoms with Crippen LogP contribution in [0.15, 0.2) is 29.6 Å². The number of carbonyl (C=O) groups is 1. The van der Waals surface area contributed by atoms with E-state index in [4.69, 9.17) is 4.74 Å². The van der Waals surface area contributed by atoms with Crippen LogP contribution < -0.4 is 0 Å². The number of unbranched alkanes of at least 4 members (excludes halogenated alkanes) is 1. The van der Waals surface area contributed by atoms with Gasteiger partial charge >= 0.3 is 12.1 Å². The van der Waals surface area contributed by atoms with Crippen LogP contribution in [0.3, 0.4) is 0 Å². The van der Waals surface area contributed by atoms with Crippen LogP contribution in [0.2, 0.25) is 0 Å². The largest absolute Gasteiger partial charge is 0.506 e. The van der Waals surface area contributed by atoms with E-state index < -0.39 is 17.7 Å². The fourth-order valence-corrected chi connectivity index (χ4v) is 3.03. The summed E-state index contributed by atoms with van der Waals surface area (Å²) < 4.78 is 43.2. The second kappa shape index (κ2) is 7.70. The summed E-state index contributed by atoms with van der Waals surface area (Å²) in [6.07, 6.45) is -2.69. The lowest BCUT2D eigenvalue weighted by Crippen LogP contribution is -2.06. The summed E-state index contributed by atoms with van der Waals surface area (Å²) in [6, 6.07) is 4.91. The third kappa shape index (κ3) is 4.50. The van der Waals surface area contributed by atoms with Crippen molar-refractivity contribution < 1.29 is 27.8 Å². The molecule has 0 fully saturated rings. The van der Waals surface area contributed by atoms with Crippen molar-refractivity contribution in [3.05, 3.63) is 51.2 Å². The van der Waals surface area contributed by atoms with Crippen molar-refractivity contribution in [1.29, 1.82) is 0 Å². The minimum atomic E-state index is -4.41. The Kier molecular flexibility index (Phi) is 5.88. The fourth-order valence-electron chi connectivity index (χ4n) is 2.09. The molecule has 130 valence electrons. The molecule has 0 atom stereocenters. The van der Waals surface area contributed by atoms with Gasteiger partial charge in [0.05, 0.1) is 17.0 Å². The van der Waals surface area contributed by atoms with Crippen molar-refractivity contribution in [3.63, 3.8) is 0 Å². The molecule has 2 rings (SSSR count). The van der Waals surface area contributed by atoms with Crippen LogP contribution in [0.25, 0.3) is 0 Å².